The Balaban J connectivity index is 1.49. The van der Waals surface area contributed by atoms with E-state index in [0.717, 1.165) is 37.3 Å². The number of carbonyl (C=O) groups excluding carboxylic acids is 1. The molecule has 2 aliphatic heterocycles. The van der Waals surface area contributed by atoms with Crippen molar-refractivity contribution in [1.82, 2.24) is 9.80 Å². The minimum atomic E-state index is -0.0947. The van der Waals surface area contributed by atoms with Crippen LogP contribution in [-0.2, 0) is 13.1 Å². The molecule has 1 amide bonds. The van der Waals surface area contributed by atoms with Crippen LogP contribution < -0.4 is 4.90 Å². The van der Waals surface area contributed by atoms with Crippen molar-refractivity contribution in [2.45, 2.75) is 59.7 Å². The van der Waals surface area contributed by atoms with Crippen LogP contribution in [0.4, 0.5) is 5.69 Å². The average Bonchev–Trinajstić information content (AvgIpc) is 3.16. The zero-order chi connectivity index (χ0) is 22.3. The lowest BCUT2D eigenvalue weighted by atomic mass is 9.95. The lowest BCUT2D eigenvalue weighted by molar-refractivity contribution is 0.0748. The number of fused-ring (bicyclic) bond motifs is 1. The first-order valence-corrected chi connectivity index (χ1v) is 11.5. The Morgan fingerprint density at radius 3 is 2.26 bits per heavy atom. The fraction of sp³-hybridized carbons (Fsp3) is 0.500. The zero-order valence-electron chi connectivity index (χ0n) is 19.5. The third-order valence-electron chi connectivity index (χ3n) is 6.85. The maximum atomic E-state index is 13.3. The van der Waals surface area contributed by atoms with E-state index in [2.05, 4.69) is 55.7 Å². The van der Waals surface area contributed by atoms with Crippen LogP contribution in [0.25, 0.3) is 0 Å². The first-order valence-electron chi connectivity index (χ1n) is 11.5. The van der Waals surface area contributed by atoms with Crippen LogP contribution in [0, 0.1) is 6.92 Å². The van der Waals surface area contributed by atoms with Crippen molar-refractivity contribution in [3.8, 4) is 5.75 Å². The highest BCUT2D eigenvalue weighted by Gasteiger charge is 2.28. The molecule has 5 heteroatoms. The Morgan fingerprint density at radius 2 is 1.61 bits per heavy atom. The number of phenolic OH excluding ortho intramolecular Hbond substituents is 1. The molecule has 31 heavy (non-hydrogen) atoms. The number of carbonyl (C=O) groups is 1. The number of benzene rings is 2. The molecule has 0 spiro atoms. The molecule has 0 aromatic heterocycles. The topological polar surface area (TPSA) is 47.0 Å². The summed E-state index contributed by atoms with van der Waals surface area (Å²) in [6.07, 6.45) is 0. The van der Waals surface area contributed by atoms with Gasteiger partial charge in [-0.25, -0.2) is 0 Å². The predicted octanol–water partition coefficient (Wildman–Crippen LogP) is 4.51. The van der Waals surface area contributed by atoms with Gasteiger partial charge in [-0.15, -0.1) is 0 Å². The normalized spacial score (nSPS) is 17.0. The Bertz CT molecular complexity index is 975. The molecule has 0 unspecified atom stereocenters. The SMILES string of the molecule is Cc1cc(O)c(C(=O)N2Cc3ccc(N4CCN(C(C)C)CC4)cc3C2)cc1C(C)C. The Kier molecular flexibility index (Phi) is 5.98. The lowest BCUT2D eigenvalue weighted by Gasteiger charge is -2.38. The molecule has 0 atom stereocenters. The van der Waals surface area contributed by atoms with E-state index in [1.807, 2.05) is 17.9 Å². The van der Waals surface area contributed by atoms with Crippen LogP contribution in [0.15, 0.2) is 30.3 Å². The molecule has 1 fully saturated rings. The van der Waals surface area contributed by atoms with Crippen LogP contribution in [-0.4, -0.2) is 53.0 Å². The summed E-state index contributed by atoms with van der Waals surface area (Å²) in [5.41, 5.74) is 6.21. The quantitative estimate of drug-likeness (QED) is 0.789. The maximum absolute atomic E-state index is 13.3. The second-order valence-electron chi connectivity index (χ2n) is 9.61. The van der Waals surface area contributed by atoms with Gasteiger partial charge in [-0.05, 0) is 73.2 Å². The molecule has 0 aliphatic carbocycles. The number of hydrogen-bond donors (Lipinski definition) is 1. The number of amides is 1. The molecule has 0 bridgehead atoms. The van der Waals surface area contributed by atoms with Crippen LogP contribution in [0.3, 0.4) is 0 Å². The third kappa shape index (κ3) is 4.29. The summed E-state index contributed by atoms with van der Waals surface area (Å²) in [4.78, 5) is 20.1. The monoisotopic (exact) mass is 421 g/mol. The van der Waals surface area contributed by atoms with Crippen molar-refractivity contribution in [3.63, 3.8) is 0 Å². The number of piperazine rings is 1. The van der Waals surface area contributed by atoms with Gasteiger partial charge in [0.25, 0.3) is 5.91 Å². The van der Waals surface area contributed by atoms with E-state index in [1.54, 1.807) is 6.07 Å². The molecule has 1 saturated heterocycles. The first-order chi connectivity index (χ1) is 14.7. The number of hydrogen-bond acceptors (Lipinski definition) is 4. The third-order valence-corrected chi connectivity index (χ3v) is 6.85. The van der Waals surface area contributed by atoms with Gasteiger partial charge in [-0.3, -0.25) is 9.69 Å². The summed E-state index contributed by atoms with van der Waals surface area (Å²) in [6, 6.07) is 10.8. The number of phenols is 1. The van der Waals surface area contributed by atoms with Gasteiger partial charge in [0.05, 0.1) is 5.56 Å². The molecule has 5 nitrogen and oxygen atoms in total. The van der Waals surface area contributed by atoms with Gasteiger partial charge < -0.3 is 14.9 Å². The van der Waals surface area contributed by atoms with Crippen LogP contribution in [0.2, 0.25) is 0 Å². The van der Waals surface area contributed by atoms with E-state index in [1.165, 1.54) is 16.8 Å². The molecule has 2 aliphatic rings. The highest BCUT2D eigenvalue weighted by atomic mass is 16.3. The maximum Gasteiger partial charge on any atom is 0.258 e. The molecule has 0 saturated carbocycles. The Hall–Kier alpha value is -2.53. The van der Waals surface area contributed by atoms with E-state index in [0.29, 0.717) is 30.6 Å². The van der Waals surface area contributed by atoms with Gasteiger partial charge in [0.1, 0.15) is 5.75 Å². The zero-order valence-corrected chi connectivity index (χ0v) is 19.5. The highest BCUT2D eigenvalue weighted by molar-refractivity contribution is 5.97. The first kappa shape index (κ1) is 21.7. The summed E-state index contributed by atoms with van der Waals surface area (Å²) in [5.74, 6) is 0.288. The van der Waals surface area contributed by atoms with Crippen molar-refractivity contribution in [2.24, 2.45) is 0 Å². The van der Waals surface area contributed by atoms with Crippen molar-refractivity contribution in [1.29, 1.82) is 0 Å². The molecular formula is C26H35N3O2. The summed E-state index contributed by atoms with van der Waals surface area (Å²) >= 11 is 0. The van der Waals surface area contributed by atoms with Crippen molar-refractivity contribution in [2.75, 3.05) is 31.1 Å². The Labute approximate surface area is 186 Å². The minimum absolute atomic E-state index is 0.0755. The largest absolute Gasteiger partial charge is 0.507 e. The Morgan fingerprint density at radius 1 is 0.935 bits per heavy atom. The van der Waals surface area contributed by atoms with Gasteiger partial charge in [0, 0.05) is 51.0 Å². The second-order valence-corrected chi connectivity index (χ2v) is 9.61. The highest BCUT2D eigenvalue weighted by Crippen LogP contribution is 2.32. The number of anilines is 1. The second kappa shape index (κ2) is 8.54. The summed E-state index contributed by atoms with van der Waals surface area (Å²) in [5, 5.41) is 10.5. The van der Waals surface area contributed by atoms with Gasteiger partial charge in [-0.2, -0.15) is 0 Å². The fourth-order valence-electron chi connectivity index (χ4n) is 4.89. The number of aromatic hydroxyl groups is 1. The van der Waals surface area contributed by atoms with Crippen LogP contribution in [0.5, 0.6) is 5.75 Å². The van der Waals surface area contributed by atoms with Gasteiger partial charge in [0.15, 0.2) is 0 Å². The molecule has 2 heterocycles. The minimum Gasteiger partial charge on any atom is -0.507 e. The lowest BCUT2D eigenvalue weighted by Crippen LogP contribution is -2.48. The summed E-state index contributed by atoms with van der Waals surface area (Å²) in [6.45, 7) is 16.2. The molecular weight excluding hydrogens is 386 g/mol. The van der Waals surface area contributed by atoms with E-state index < -0.39 is 0 Å². The number of aryl methyl sites for hydroxylation is 1. The molecule has 2 aromatic rings. The van der Waals surface area contributed by atoms with E-state index in [9.17, 15) is 9.90 Å². The van der Waals surface area contributed by atoms with Gasteiger partial charge in [-0.1, -0.05) is 19.9 Å². The average molecular weight is 422 g/mol. The van der Waals surface area contributed by atoms with Crippen LogP contribution in [0.1, 0.15) is 66.2 Å². The fourth-order valence-corrected chi connectivity index (χ4v) is 4.89. The molecule has 1 N–H and O–H groups in total. The van der Waals surface area contributed by atoms with Gasteiger partial charge >= 0.3 is 0 Å². The standard InChI is InChI=1S/C26H35N3O2/c1-17(2)23-14-24(25(30)12-19(23)5)26(31)29-15-20-6-7-22(13-21(20)16-29)28-10-8-27(9-11-28)18(3)4/h6-7,12-14,17-18,30H,8-11,15-16H2,1-5H3. The summed E-state index contributed by atoms with van der Waals surface area (Å²) in [7, 11) is 0. The molecule has 2 aromatic carbocycles. The summed E-state index contributed by atoms with van der Waals surface area (Å²) < 4.78 is 0. The molecule has 4 rings (SSSR count). The molecule has 0 radical (unpaired) electrons. The van der Waals surface area contributed by atoms with Crippen LogP contribution >= 0.6 is 0 Å². The van der Waals surface area contributed by atoms with Crippen molar-refractivity contribution in [3.05, 3.63) is 58.1 Å². The van der Waals surface area contributed by atoms with Gasteiger partial charge in [0.2, 0.25) is 0 Å². The molecule has 166 valence electrons. The smallest absolute Gasteiger partial charge is 0.258 e. The van der Waals surface area contributed by atoms with E-state index in [-0.39, 0.29) is 11.7 Å². The van der Waals surface area contributed by atoms with E-state index in [4.69, 9.17) is 0 Å². The number of rotatable bonds is 4. The van der Waals surface area contributed by atoms with Crippen molar-refractivity contribution >= 4 is 11.6 Å². The van der Waals surface area contributed by atoms with Crippen molar-refractivity contribution < 1.29 is 9.90 Å². The van der Waals surface area contributed by atoms with E-state index >= 15 is 0 Å². The number of nitrogens with zero attached hydrogens (tertiary/aromatic N) is 3. The predicted molar refractivity (Wildman–Crippen MR) is 126 cm³/mol.